The van der Waals surface area contributed by atoms with Crippen LogP contribution in [-0.4, -0.2) is 48.3 Å². The van der Waals surface area contributed by atoms with Crippen LogP contribution in [0.1, 0.15) is 28.8 Å². The number of ether oxygens (including phenoxy) is 1. The van der Waals surface area contributed by atoms with Gasteiger partial charge in [0.25, 0.3) is 5.91 Å². The fourth-order valence-corrected chi connectivity index (χ4v) is 3.66. The molecule has 2 aromatic rings. The van der Waals surface area contributed by atoms with Gasteiger partial charge in [-0.25, -0.2) is 5.43 Å². The smallest absolute Gasteiger partial charge is 0.271 e. The molecule has 148 valence electrons. The number of hydrazone groups is 1. The largest absolute Gasteiger partial charge is 0.378 e. The summed E-state index contributed by atoms with van der Waals surface area (Å²) in [7, 11) is 0. The number of aromatic nitrogens is 1. The maximum atomic E-state index is 12.2. The quantitative estimate of drug-likeness (QED) is 0.631. The molecule has 1 aliphatic carbocycles. The Morgan fingerprint density at radius 3 is 2.59 bits per heavy atom. The Kier molecular flexibility index (Phi) is 6.12. The fourth-order valence-electron chi connectivity index (χ4n) is 3.66. The van der Waals surface area contributed by atoms with E-state index in [0.29, 0.717) is 5.56 Å². The Morgan fingerprint density at radius 1 is 1.07 bits per heavy atom. The van der Waals surface area contributed by atoms with Gasteiger partial charge in [-0.2, -0.15) is 5.10 Å². The van der Waals surface area contributed by atoms with Crippen molar-refractivity contribution in [2.24, 2.45) is 5.10 Å². The van der Waals surface area contributed by atoms with E-state index in [9.17, 15) is 4.79 Å². The fraction of sp³-hybridized carbons (Fsp3) is 0.261. The number of allylic oxidation sites excluding steroid dienone is 2. The van der Waals surface area contributed by atoms with Crippen molar-refractivity contribution in [3.63, 3.8) is 0 Å². The van der Waals surface area contributed by atoms with Crippen LogP contribution < -0.4 is 5.43 Å². The van der Waals surface area contributed by atoms with Gasteiger partial charge in [0.05, 0.1) is 19.4 Å². The molecule has 2 aliphatic rings. The van der Waals surface area contributed by atoms with E-state index in [4.69, 9.17) is 4.74 Å². The highest BCUT2D eigenvalue weighted by Crippen LogP contribution is 2.34. The molecule has 1 aromatic carbocycles. The number of carbonyl (C=O) groups is 1. The summed E-state index contributed by atoms with van der Waals surface area (Å²) in [5.74, 6) is -0.241. The molecule has 4 rings (SSSR count). The van der Waals surface area contributed by atoms with Crippen molar-refractivity contribution in [1.29, 1.82) is 0 Å². The second-order valence-corrected chi connectivity index (χ2v) is 6.99. The van der Waals surface area contributed by atoms with E-state index in [2.05, 4.69) is 50.8 Å². The second-order valence-electron chi connectivity index (χ2n) is 6.99. The first-order valence-electron chi connectivity index (χ1n) is 9.86. The van der Waals surface area contributed by atoms with Crippen molar-refractivity contribution >= 4 is 18.2 Å². The number of benzene rings is 1. The third kappa shape index (κ3) is 4.78. The summed E-state index contributed by atoms with van der Waals surface area (Å²) in [5, 5.41) is 4.23. The predicted octanol–water partition coefficient (Wildman–Crippen LogP) is 3.26. The third-order valence-corrected chi connectivity index (χ3v) is 5.07. The van der Waals surface area contributed by atoms with Crippen LogP contribution in [-0.2, 0) is 4.74 Å². The maximum Gasteiger partial charge on any atom is 0.271 e. The second kappa shape index (κ2) is 9.30. The van der Waals surface area contributed by atoms with Crippen molar-refractivity contribution in [3.05, 3.63) is 82.8 Å². The molecule has 0 saturated carbocycles. The Bertz CT molecular complexity index is 930. The number of hydrogen-bond donors (Lipinski definition) is 1. The van der Waals surface area contributed by atoms with Crippen LogP contribution in [0.15, 0.2) is 76.8 Å². The number of nitrogens with zero attached hydrogens (tertiary/aromatic N) is 3. The summed E-state index contributed by atoms with van der Waals surface area (Å²) in [4.78, 5) is 18.5. The summed E-state index contributed by atoms with van der Waals surface area (Å²) in [6.45, 7) is 3.18. The molecule has 1 fully saturated rings. The molecule has 29 heavy (non-hydrogen) atoms. The first-order valence-corrected chi connectivity index (χ1v) is 9.86. The minimum absolute atomic E-state index is 0.241. The number of morpholine rings is 1. The lowest BCUT2D eigenvalue weighted by Gasteiger charge is -2.31. The van der Waals surface area contributed by atoms with Gasteiger partial charge < -0.3 is 9.64 Å². The molecule has 1 amide bonds. The van der Waals surface area contributed by atoms with Gasteiger partial charge in [0.1, 0.15) is 0 Å². The lowest BCUT2D eigenvalue weighted by molar-refractivity contribution is 0.0548. The Hall–Kier alpha value is -3.25. The molecule has 1 aliphatic heterocycles. The molecule has 6 nitrogen and oxygen atoms in total. The lowest BCUT2D eigenvalue weighted by atomic mass is 10.1. The molecule has 0 unspecified atom stereocenters. The van der Waals surface area contributed by atoms with Crippen molar-refractivity contribution < 1.29 is 9.53 Å². The average molecular weight is 388 g/mol. The van der Waals surface area contributed by atoms with E-state index < -0.39 is 0 Å². The van der Waals surface area contributed by atoms with Gasteiger partial charge in [0.2, 0.25) is 0 Å². The summed E-state index contributed by atoms with van der Waals surface area (Å²) in [6.07, 6.45) is 9.09. The maximum absolute atomic E-state index is 12.2. The highest BCUT2D eigenvalue weighted by molar-refractivity contribution is 5.94. The first-order chi connectivity index (χ1) is 14.3. The molecule has 2 heterocycles. The monoisotopic (exact) mass is 388 g/mol. The van der Waals surface area contributed by atoms with E-state index in [0.717, 1.165) is 44.7 Å². The van der Waals surface area contributed by atoms with E-state index in [1.807, 2.05) is 6.07 Å². The molecule has 1 saturated heterocycles. The zero-order valence-corrected chi connectivity index (χ0v) is 16.3. The molecule has 0 atom stereocenters. The van der Waals surface area contributed by atoms with Gasteiger partial charge in [0, 0.05) is 36.7 Å². The van der Waals surface area contributed by atoms with Gasteiger partial charge in [-0.1, -0.05) is 30.3 Å². The summed E-state index contributed by atoms with van der Waals surface area (Å²) in [6, 6.07) is 13.7. The van der Waals surface area contributed by atoms with E-state index >= 15 is 0 Å². The standard InChI is InChI=1S/C23H24N4O2/c28-23(19-8-10-24-11-9-19)26-25-17-21-7-6-20(16-18-4-2-1-3-5-18)22(21)27-12-14-29-15-13-27/h1-5,8-11,16-17H,6-7,12-15H2,(H,26,28)/b20-16+,25-17-. The first kappa shape index (κ1) is 19.1. The summed E-state index contributed by atoms with van der Waals surface area (Å²) >= 11 is 0. The van der Waals surface area contributed by atoms with Crippen LogP contribution >= 0.6 is 0 Å². The van der Waals surface area contributed by atoms with Crippen LogP contribution in [0.2, 0.25) is 0 Å². The van der Waals surface area contributed by atoms with Crippen molar-refractivity contribution in [3.8, 4) is 0 Å². The zero-order valence-electron chi connectivity index (χ0n) is 16.3. The topological polar surface area (TPSA) is 66.8 Å². The van der Waals surface area contributed by atoms with Crippen LogP contribution in [0.4, 0.5) is 0 Å². The molecular weight excluding hydrogens is 364 g/mol. The Labute approximate surface area is 170 Å². The number of carbonyl (C=O) groups excluding carboxylic acids is 1. The van der Waals surface area contributed by atoms with Crippen LogP contribution in [0.5, 0.6) is 0 Å². The molecular formula is C23H24N4O2. The van der Waals surface area contributed by atoms with Crippen LogP contribution in [0.25, 0.3) is 6.08 Å². The molecule has 0 bridgehead atoms. The zero-order chi connectivity index (χ0) is 19.9. The summed E-state index contributed by atoms with van der Waals surface area (Å²) in [5.41, 5.74) is 8.02. The Morgan fingerprint density at radius 2 is 1.83 bits per heavy atom. The molecule has 0 radical (unpaired) electrons. The number of hydrogen-bond acceptors (Lipinski definition) is 5. The van der Waals surface area contributed by atoms with Gasteiger partial charge in [0.15, 0.2) is 0 Å². The van der Waals surface area contributed by atoms with E-state index in [1.54, 1.807) is 30.7 Å². The molecule has 0 spiro atoms. The number of pyridine rings is 1. The van der Waals surface area contributed by atoms with Gasteiger partial charge in [-0.3, -0.25) is 9.78 Å². The highest BCUT2D eigenvalue weighted by Gasteiger charge is 2.25. The van der Waals surface area contributed by atoms with E-state index in [-0.39, 0.29) is 5.91 Å². The molecule has 1 N–H and O–H groups in total. The molecule has 1 aromatic heterocycles. The van der Waals surface area contributed by atoms with Crippen molar-refractivity contribution in [1.82, 2.24) is 15.3 Å². The number of nitrogens with one attached hydrogen (secondary N) is 1. The third-order valence-electron chi connectivity index (χ3n) is 5.07. The highest BCUT2D eigenvalue weighted by atomic mass is 16.5. The average Bonchev–Trinajstić information content (AvgIpc) is 3.18. The van der Waals surface area contributed by atoms with Crippen LogP contribution in [0.3, 0.4) is 0 Å². The van der Waals surface area contributed by atoms with Gasteiger partial charge >= 0.3 is 0 Å². The SMILES string of the molecule is O=C(N/N=C\C1=C(N2CCOCC2)C(=C/c2ccccc2)/CC1)c1ccncc1. The minimum atomic E-state index is -0.241. The van der Waals surface area contributed by atoms with Crippen LogP contribution in [0, 0.1) is 0 Å². The number of amides is 1. The summed E-state index contributed by atoms with van der Waals surface area (Å²) < 4.78 is 5.53. The van der Waals surface area contributed by atoms with Gasteiger partial charge in [-0.05, 0) is 47.8 Å². The normalized spacial score (nSPS) is 18.6. The Balaban J connectivity index is 1.56. The predicted molar refractivity (Wildman–Crippen MR) is 113 cm³/mol. The minimum Gasteiger partial charge on any atom is -0.378 e. The number of rotatable bonds is 5. The van der Waals surface area contributed by atoms with E-state index in [1.165, 1.54) is 16.8 Å². The van der Waals surface area contributed by atoms with Crippen molar-refractivity contribution in [2.45, 2.75) is 12.8 Å². The van der Waals surface area contributed by atoms with Gasteiger partial charge in [-0.15, -0.1) is 0 Å². The van der Waals surface area contributed by atoms with Crippen molar-refractivity contribution in [2.75, 3.05) is 26.3 Å². The molecule has 6 heteroatoms. The lowest BCUT2D eigenvalue weighted by Crippen LogP contribution is -2.36.